The zero-order valence-electron chi connectivity index (χ0n) is 21.7. The molecule has 0 aromatic carbocycles. The molecule has 0 aromatic heterocycles. The van der Waals surface area contributed by atoms with Crippen molar-refractivity contribution < 1.29 is 38.5 Å². The minimum atomic E-state index is -0.255. The van der Waals surface area contributed by atoms with E-state index in [0.29, 0.717) is 13.2 Å². The van der Waals surface area contributed by atoms with Gasteiger partial charge in [-0.05, 0) is 12.8 Å². The Labute approximate surface area is 229 Å². The van der Waals surface area contributed by atoms with Crippen LogP contribution in [0, 0.1) is 0 Å². The average Bonchev–Trinajstić information content (AvgIpc) is 2.81. The fraction of sp³-hybridized carbons (Fsp3) is 0.923. The van der Waals surface area contributed by atoms with Crippen LogP contribution >= 0.6 is 0 Å². The zero-order valence-corrected chi connectivity index (χ0v) is 26.3. The molecule has 0 N–H and O–H groups in total. The Balaban J connectivity index is -0.000000529. The molecule has 0 amide bonds. The van der Waals surface area contributed by atoms with Crippen LogP contribution in [0.3, 0.4) is 0 Å². The van der Waals surface area contributed by atoms with Crippen LogP contribution in [-0.4, -0.2) is 36.7 Å². The minimum Gasteiger partial charge on any atom is -0.782 e. The van der Waals surface area contributed by atoms with Gasteiger partial charge in [0.1, 0.15) is 0 Å². The van der Waals surface area contributed by atoms with Crippen LogP contribution in [0.4, 0.5) is 0 Å². The maximum Gasteiger partial charge on any atom is 2.00 e. The number of ether oxygens (including phenoxy) is 2. The number of hydrogen-bond acceptors (Lipinski definition) is 6. The van der Waals surface area contributed by atoms with Crippen molar-refractivity contribution >= 4 is 37.2 Å². The number of unbranched alkanes of at least 4 members (excludes halogenated alkanes) is 16. The van der Waals surface area contributed by atoms with Gasteiger partial charge in [-0.3, -0.25) is 9.59 Å². The van der Waals surface area contributed by atoms with Crippen LogP contribution in [0.15, 0.2) is 0 Å². The molecule has 0 aliphatic heterocycles. The predicted molar refractivity (Wildman–Crippen MR) is 141 cm³/mol. The van der Waals surface area contributed by atoms with Gasteiger partial charge in [0, 0.05) is 0 Å². The average molecular weight is 556 g/mol. The second-order valence-electron chi connectivity index (χ2n) is 8.39. The van der Waals surface area contributed by atoms with Gasteiger partial charge in [-0.25, -0.2) is 0 Å². The SMILES string of the molecule is CCCCCCCCCCCOC(=O)C[S-].CCCCCCCCCCCOC(=O)C[S-].[Zn+2]. The summed E-state index contributed by atoms with van der Waals surface area (Å²) in [6, 6.07) is 0. The van der Waals surface area contributed by atoms with Crippen LogP contribution in [0.2, 0.25) is 0 Å². The molecular weight excluding hydrogens is 506 g/mol. The van der Waals surface area contributed by atoms with Gasteiger partial charge in [0.2, 0.25) is 0 Å². The molecule has 0 heterocycles. The molecule has 0 atom stereocenters. The first-order valence-electron chi connectivity index (χ1n) is 13.1. The predicted octanol–water partition coefficient (Wildman–Crippen LogP) is 7.21. The van der Waals surface area contributed by atoms with Gasteiger partial charge >= 0.3 is 19.5 Å². The molecule has 0 bridgehead atoms. The molecule has 0 aliphatic carbocycles. The van der Waals surface area contributed by atoms with E-state index in [9.17, 15) is 9.59 Å². The Morgan fingerprint density at radius 1 is 0.485 bits per heavy atom. The maximum absolute atomic E-state index is 10.7. The summed E-state index contributed by atoms with van der Waals surface area (Å²) in [4.78, 5) is 21.4. The van der Waals surface area contributed by atoms with Gasteiger partial charge in [-0.2, -0.15) is 0 Å². The normalized spacial score (nSPS) is 10.1. The van der Waals surface area contributed by atoms with Crippen molar-refractivity contribution in [2.24, 2.45) is 0 Å². The van der Waals surface area contributed by atoms with E-state index in [-0.39, 0.29) is 42.9 Å². The van der Waals surface area contributed by atoms with Crippen LogP contribution in [0.5, 0.6) is 0 Å². The molecular formula is C26H50O4S2Zn. The summed E-state index contributed by atoms with van der Waals surface area (Å²) in [5.74, 6) is -0.348. The van der Waals surface area contributed by atoms with Crippen LogP contribution in [-0.2, 0) is 63.8 Å². The fourth-order valence-corrected chi connectivity index (χ4v) is 3.45. The number of carbonyl (C=O) groups is 2. The summed E-state index contributed by atoms with van der Waals surface area (Å²) in [7, 11) is 0. The van der Waals surface area contributed by atoms with Crippen molar-refractivity contribution in [1.29, 1.82) is 0 Å². The van der Waals surface area contributed by atoms with Crippen molar-refractivity contribution in [2.45, 2.75) is 129 Å². The first kappa shape index (κ1) is 37.8. The molecule has 0 rings (SSSR count). The molecule has 0 aromatic rings. The third kappa shape index (κ3) is 37.0. The Hall–Kier alpha value is 0.263. The minimum absolute atomic E-state index is 0. The Bertz CT molecular complexity index is 362. The Morgan fingerprint density at radius 2 is 0.727 bits per heavy atom. The van der Waals surface area contributed by atoms with Crippen molar-refractivity contribution in [1.82, 2.24) is 0 Å². The van der Waals surface area contributed by atoms with E-state index < -0.39 is 0 Å². The fourth-order valence-electron chi connectivity index (χ4n) is 3.28. The molecule has 33 heavy (non-hydrogen) atoms. The molecule has 0 fully saturated rings. The summed E-state index contributed by atoms with van der Waals surface area (Å²) in [6.07, 6.45) is 23.0. The van der Waals surface area contributed by atoms with Crippen molar-refractivity contribution in [3.8, 4) is 0 Å². The second kappa shape index (κ2) is 34.4. The van der Waals surface area contributed by atoms with E-state index in [1.54, 1.807) is 0 Å². The smallest absolute Gasteiger partial charge is 0.782 e. The number of hydrogen-bond donors (Lipinski definition) is 0. The van der Waals surface area contributed by atoms with Crippen LogP contribution in [0.25, 0.3) is 0 Å². The van der Waals surface area contributed by atoms with E-state index in [1.807, 2.05) is 0 Å². The summed E-state index contributed by atoms with van der Waals surface area (Å²) in [6.45, 7) is 5.57. The van der Waals surface area contributed by atoms with E-state index in [0.717, 1.165) is 12.8 Å². The monoisotopic (exact) mass is 554 g/mol. The molecule has 192 valence electrons. The Morgan fingerprint density at radius 3 is 0.970 bits per heavy atom. The topological polar surface area (TPSA) is 52.6 Å². The molecule has 0 radical (unpaired) electrons. The summed E-state index contributed by atoms with van der Waals surface area (Å²) >= 11 is 9.14. The van der Waals surface area contributed by atoms with Gasteiger partial charge in [0.25, 0.3) is 11.9 Å². The molecule has 0 unspecified atom stereocenters. The van der Waals surface area contributed by atoms with E-state index in [2.05, 4.69) is 39.1 Å². The molecule has 0 saturated heterocycles. The van der Waals surface area contributed by atoms with Crippen LogP contribution in [0.1, 0.15) is 129 Å². The molecule has 0 saturated carbocycles. The van der Waals surface area contributed by atoms with Gasteiger partial charge in [0.05, 0.1) is 13.2 Å². The third-order valence-electron chi connectivity index (χ3n) is 5.26. The molecule has 4 nitrogen and oxygen atoms in total. The molecule has 0 aliphatic rings. The number of esters is 2. The summed E-state index contributed by atoms with van der Waals surface area (Å²) in [5, 5.41) is 0. The summed E-state index contributed by atoms with van der Waals surface area (Å²) in [5.41, 5.74) is 0. The van der Waals surface area contributed by atoms with Crippen molar-refractivity contribution in [2.75, 3.05) is 24.7 Å². The van der Waals surface area contributed by atoms with Gasteiger partial charge in [-0.15, -0.1) is 0 Å². The van der Waals surface area contributed by atoms with Crippen molar-refractivity contribution in [3.63, 3.8) is 0 Å². The Kier molecular flexibility index (Phi) is 39.4. The number of carbonyl (C=O) groups excluding carboxylic acids is 2. The second-order valence-corrected chi connectivity index (χ2v) is 8.96. The standard InChI is InChI=1S/2C13H26O2S.Zn/c2*1-2-3-4-5-6-7-8-9-10-11-15-13(14)12-16;/h2*16H,2-12H2,1H3;/q;;+2/p-2. The zero-order chi connectivity index (χ0) is 24.1. The van der Waals surface area contributed by atoms with Gasteiger partial charge in [-0.1, -0.05) is 128 Å². The van der Waals surface area contributed by atoms with Crippen LogP contribution < -0.4 is 0 Å². The van der Waals surface area contributed by atoms with Gasteiger partial charge in [0.15, 0.2) is 0 Å². The van der Waals surface area contributed by atoms with E-state index in [1.165, 1.54) is 103 Å². The molecule has 0 spiro atoms. The first-order valence-corrected chi connectivity index (χ1v) is 14.2. The number of rotatable bonds is 22. The van der Waals surface area contributed by atoms with Crippen molar-refractivity contribution in [3.05, 3.63) is 0 Å². The third-order valence-corrected chi connectivity index (χ3v) is 5.73. The van der Waals surface area contributed by atoms with E-state index in [4.69, 9.17) is 9.47 Å². The molecule has 7 heteroatoms. The summed E-state index contributed by atoms with van der Waals surface area (Å²) < 4.78 is 9.82. The maximum atomic E-state index is 10.7. The van der Waals surface area contributed by atoms with E-state index >= 15 is 0 Å². The van der Waals surface area contributed by atoms with Gasteiger partial charge < -0.3 is 34.7 Å². The largest absolute Gasteiger partial charge is 2.00 e. The quantitative estimate of drug-likeness (QED) is 0.0608. The first-order chi connectivity index (χ1) is 15.6.